The summed E-state index contributed by atoms with van der Waals surface area (Å²) in [6.45, 7) is 0. The highest BCUT2D eigenvalue weighted by molar-refractivity contribution is 6.18. The lowest BCUT2D eigenvalue weighted by Gasteiger charge is -2.26. The van der Waals surface area contributed by atoms with Gasteiger partial charge in [0, 0.05) is 44.7 Å². The lowest BCUT2D eigenvalue weighted by atomic mass is 9.99. The van der Waals surface area contributed by atoms with Crippen molar-refractivity contribution >= 4 is 60.9 Å². The number of hydrogen-bond acceptors (Lipinski definition) is 3. The van der Waals surface area contributed by atoms with Crippen LogP contribution in [0.2, 0.25) is 0 Å². The molecule has 0 amide bonds. The summed E-state index contributed by atoms with van der Waals surface area (Å²) in [6, 6.07) is 83.9. The zero-order valence-electron chi connectivity index (χ0n) is 34.3. The van der Waals surface area contributed by atoms with Crippen LogP contribution in [0.3, 0.4) is 0 Å². The molecule has 12 rings (SSSR count). The van der Waals surface area contributed by atoms with E-state index in [1.165, 1.54) is 33.4 Å². The van der Waals surface area contributed by atoms with Crippen LogP contribution in [0.4, 0.5) is 17.1 Å². The Kier molecular flexibility index (Phi) is 8.83. The van der Waals surface area contributed by atoms with E-state index in [2.05, 4.69) is 229 Å². The molecule has 3 nitrogen and oxygen atoms in total. The summed E-state index contributed by atoms with van der Waals surface area (Å²) in [5.74, 6) is 0. The fraction of sp³-hybridized carbons (Fsp3) is 0. The smallest absolute Gasteiger partial charge is 0.137 e. The summed E-state index contributed by atoms with van der Waals surface area (Å²) >= 11 is 0. The molecule has 0 bridgehead atoms. The van der Waals surface area contributed by atoms with Gasteiger partial charge in [-0.3, -0.25) is 0 Å². The maximum atomic E-state index is 6.76. The molecule has 0 fully saturated rings. The predicted molar refractivity (Wildman–Crippen MR) is 263 cm³/mol. The number of benzene rings is 10. The minimum Gasteiger partial charge on any atom is -0.456 e. The Balaban J connectivity index is 0.930. The summed E-state index contributed by atoms with van der Waals surface area (Å²) in [4.78, 5) is 2.31. The van der Waals surface area contributed by atoms with Crippen LogP contribution in [-0.4, -0.2) is 0 Å². The fourth-order valence-electron chi connectivity index (χ4n) is 9.11. The number of hydrogen-bond donors (Lipinski definition) is 0. The first-order valence-electron chi connectivity index (χ1n) is 21.4. The second-order valence-corrected chi connectivity index (χ2v) is 16.1. The molecule has 3 heteroatoms. The highest BCUT2D eigenvalue weighted by atomic mass is 16.3. The Hall–Kier alpha value is -8.40. The summed E-state index contributed by atoms with van der Waals surface area (Å²) < 4.78 is 13.3. The molecule has 12 aromatic rings. The number of fused-ring (bicyclic) bond motifs is 6. The van der Waals surface area contributed by atoms with Crippen molar-refractivity contribution in [3.8, 4) is 55.6 Å². The van der Waals surface area contributed by atoms with E-state index in [4.69, 9.17) is 8.83 Å². The van der Waals surface area contributed by atoms with Gasteiger partial charge in [-0.1, -0.05) is 176 Å². The molecule has 0 saturated carbocycles. The monoisotopic (exact) mass is 805 g/mol. The normalized spacial score (nSPS) is 11.5. The van der Waals surface area contributed by atoms with Gasteiger partial charge < -0.3 is 13.7 Å². The van der Waals surface area contributed by atoms with Crippen LogP contribution in [0.5, 0.6) is 0 Å². The number of anilines is 3. The summed E-state index contributed by atoms with van der Waals surface area (Å²) in [5, 5.41) is 4.21. The largest absolute Gasteiger partial charge is 0.456 e. The highest BCUT2D eigenvalue weighted by Crippen LogP contribution is 2.43. The van der Waals surface area contributed by atoms with E-state index in [1.54, 1.807) is 0 Å². The molecule has 0 atom stereocenters. The minimum atomic E-state index is 0.818. The van der Waals surface area contributed by atoms with E-state index in [-0.39, 0.29) is 0 Å². The van der Waals surface area contributed by atoms with Crippen LogP contribution in [0.15, 0.2) is 245 Å². The molecule has 10 aromatic carbocycles. The van der Waals surface area contributed by atoms with E-state index < -0.39 is 0 Å². The SMILES string of the molecule is c1ccc(-c2ccc(-c3ccc(N(c4ccc(-c5ccc(-c6ccccc6)cc5)cc4)c4ccc5c(c4)oc4cc6c(cc45)oc4cccc(-c5ccccc5)c46)cc3)cc2)cc1. The third-order valence-corrected chi connectivity index (χ3v) is 12.3. The van der Waals surface area contributed by atoms with E-state index in [0.717, 1.165) is 83.2 Å². The van der Waals surface area contributed by atoms with Crippen molar-refractivity contribution in [3.05, 3.63) is 237 Å². The molecule has 0 unspecified atom stereocenters. The van der Waals surface area contributed by atoms with Crippen LogP contribution in [0, 0.1) is 0 Å². The maximum Gasteiger partial charge on any atom is 0.137 e. The molecule has 296 valence electrons. The van der Waals surface area contributed by atoms with E-state index in [0.29, 0.717) is 0 Å². The van der Waals surface area contributed by atoms with Gasteiger partial charge in [-0.15, -0.1) is 0 Å². The molecular weight excluding hydrogens is 767 g/mol. The van der Waals surface area contributed by atoms with Gasteiger partial charge in [-0.25, -0.2) is 0 Å². The highest BCUT2D eigenvalue weighted by Gasteiger charge is 2.19. The second kappa shape index (κ2) is 15.3. The topological polar surface area (TPSA) is 29.5 Å². The number of furan rings is 2. The molecule has 0 aliphatic carbocycles. The Labute approximate surface area is 365 Å². The van der Waals surface area contributed by atoms with Gasteiger partial charge in [0.25, 0.3) is 0 Å². The van der Waals surface area contributed by atoms with Gasteiger partial charge in [0.05, 0.1) is 0 Å². The molecule has 0 spiro atoms. The molecule has 0 N–H and O–H groups in total. The van der Waals surface area contributed by atoms with Crippen molar-refractivity contribution < 1.29 is 8.83 Å². The standard InChI is InChI=1S/C60H39NO2/c1-4-11-40(12-5-1)42-19-23-44(24-20-42)46-27-31-49(32-28-46)61(50-33-29-47(30-34-50)45-25-21-43(22-26-45)41-13-6-2-7-14-41)51-35-36-53-54-38-59-55(39-58(54)63-57(53)37-51)60-52(17-10-18-56(60)62-59)48-15-8-3-9-16-48/h1-39H. The molecule has 0 radical (unpaired) electrons. The van der Waals surface area contributed by atoms with Gasteiger partial charge in [0.1, 0.15) is 22.3 Å². The average Bonchev–Trinajstić information content (AvgIpc) is 3.91. The van der Waals surface area contributed by atoms with Gasteiger partial charge >= 0.3 is 0 Å². The first-order chi connectivity index (χ1) is 31.2. The van der Waals surface area contributed by atoms with Crippen molar-refractivity contribution in [2.45, 2.75) is 0 Å². The molecule has 0 aliphatic rings. The molecule has 0 aliphatic heterocycles. The van der Waals surface area contributed by atoms with Crippen molar-refractivity contribution in [3.63, 3.8) is 0 Å². The third-order valence-electron chi connectivity index (χ3n) is 12.3. The lowest BCUT2D eigenvalue weighted by Crippen LogP contribution is -2.09. The molecule has 63 heavy (non-hydrogen) atoms. The summed E-state index contributed by atoms with van der Waals surface area (Å²) in [7, 11) is 0. The average molecular weight is 806 g/mol. The van der Waals surface area contributed by atoms with E-state index in [9.17, 15) is 0 Å². The molecule has 2 heterocycles. The molecule has 2 aromatic heterocycles. The zero-order valence-corrected chi connectivity index (χ0v) is 34.3. The zero-order chi connectivity index (χ0) is 41.7. The van der Waals surface area contributed by atoms with E-state index in [1.807, 2.05) is 12.1 Å². The second-order valence-electron chi connectivity index (χ2n) is 16.1. The quantitative estimate of drug-likeness (QED) is 0.153. The molecular formula is C60H39NO2. The van der Waals surface area contributed by atoms with Gasteiger partial charge in [0.2, 0.25) is 0 Å². The maximum absolute atomic E-state index is 6.76. The Bertz CT molecular complexity index is 3430. The summed E-state index contributed by atoms with van der Waals surface area (Å²) in [6.07, 6.45) is 0. The van der Waals surface area contributed by atoms with Crippen molar-refractivity contribution in [2.24, 2.45) is 0 Å². The van der Waals surface area contributed by atoms with Crippen molar-refractivity contribution in [1.82, 2.24) is 0 Å². The first kappa shape index (κ1) is 36.5. The van der Waals surface area contributed by atoms with Crippen LogP contribution >= 0.6 is 0 Å². The number of rotatable bonds is 8. The van der Waals surface area contributed by atoms with Crippen molar-refractivity contribution in [1.29, 1.82) is 0 Å². The number of nitrogens with zero attached hydrogens (tertiary/aromatic N) is 1. The van der Waals surface area contributed by atoms with Crippen molar-refractivity contribution in [2.75, 3.05) is 4.90 Å². The van der Waals surface area contributed by atoms with E-state index >= 15 is 0 Å². The van der Waals surface area contributed by atoms with Crippen LogP contribution in [-0.2, 0) is 0 Å². The minimum absolute atomic E-state index is 0.818. The van der Waals surface area contributed by atoms with Gasteiger partial charge in [-0.2, -0.15) is 0 Å². The molecule has 0 saturated heterocycles. The van der Waals surface area contributed by atoms with Crippen LogP contribution in [0.25, 0.3) is 99.5 Å². The van der Waals surface area contributed by atoms with Crippen LogP contribution in [0.1, 0.15) is 0 Å². The Morgan fingerprint density at radius 3 is 1.13 bits per heavy atom. The van der Waals surface area contributed by atoms with Gasteiger partial charge in [-0.05, 0) is 110 Å². The third kappa shape index (κ3) is 6.64. The first-order valence-corrected chi connectivity index (χ1v) is 21.4. The summed E-state index contributed by atoms with van der Waals surface area (Å²) in [5.41, 5.74) is 18.3. The predicted octanol–water partition coefficient (Wildman–Crippen LogP) is 17.3. The van der Waals surface area contributed by atoms with Gasteiger partial charge in [0.15, 0.2) is 0 Å². The van der Waals surface area contributed by atoms with Crippen LogP contribution < -0.4 is 4.90 Å². The fourth-order valence-corrected chi connectivity index (χ4v) is 9.11. The lowest BCUT2D eigenvalue weighted by molar-refractivity contribution is 0.664. The Morgan fingerprint density at radius 2 is 0.619 bits per heavy atom. The Morgan fingerprint density at radius 1 is 0.238 bits per heavy atom.